The fraction of sp³-hybridized carbons (Fsp3) is 0.267. The first-order valence-electron chi connectivity index (χ1n) is 12.9. The molecule has 0 spiro atoms. The summed E-state index contributed by atoms with van der Waals surface area (Å²) in [7, 11) is 0. The van der Waals surface area contributed by atoms with E-state index >= 15 is 0 Å². The number of amides is 1. The first kappa shape index (κ1) is 29.6. The number of Topliss-reactive ketones (excluding diaryl/α,β-unsaturated/α-hetero) is 1. The Kier molecular flexibility index (Phi) is 10.6. The normalized spacial score (nSPS) is 11.7. The van der Waals surface area contributed by atoms with Gasteiger partial charge in [-0.2, -0.15) is 4.98 Å². The second-order valence-electron chi connectivity index (χ2n) is 9.22. The van der Waals surface area contributed by atoms with E-state index in [1.807, 2.05) is 43.3 Å². The summed E-state index contributed by atoms with van der Waals surface area (Å²) in [6, 6.07) is 18.7. The molecule has 1 amide bonds. The lowest BCUT2D eigenvalue weighted by molar-refractivity contribution is 0.0844. The van der Waals surface area contributed by atoms with Gasteiger partial charge in [0.05, 0.1) is 29.1 Å². The van der Waals surface area contributed by atoms with Crippen molar-refractivity contribution in [2.24, 2.45) is 0 Å². The minimum absolute atomic E-state index is 0.0604. The van der Waals surface area contributed by atoms with E-state index in [0.717, 1.165) is 29.7 Å². The SMILES string of the molecule is CCCCC(NC(=O)c1ccc(Cl)cc1)C(=O)c1noc(Cc2ccc(OCCc3ccc(Cl)c(Cl)c3)cc2)n1. The van der Waals surface area contributed by atoms with Crippen molar-refractivity contribution in [2.45, 2.75) is 45.1 Å². The topological polar surface area (TPSA) is 94.3 Å². The van der Waals surface area contributed by atoms with Crippen LogP contribution in [0.25, 0.3) is 0 Å². The van der Waals surface area contributed by atoms with E-state index in [4.69, 9.17) is 44.1 Å². The maximum atomic E-state index is 13.2. The van der Waals surface area contributed by atoms with E-state index in [1.165, 1.54) is 0 Å². The quantitative estimate of drug-likeness (QED) is 0.161. The Balaban J connectivity index is 1.32. The third-order valence-electron chi connectivity index (χ3n) is 6.19. The number of hydrogen-bond donors (Lipinski definition) is 1. The van der Waals surface area contributed by atoms with E-state index < -0.39 is 11.8 Å². The van der Waals surface area contributed by atoms with Gasteiger partial charge < -0.3 is 14.6 Å². The van der Waals surface area contributed by atoms with E-state index in [2.05, 4.69) is 15.5 Å². The van der Waals surface area contributed by atoms with Gasteiger partial charge in [-0.25, -0.2) is 0 Å². The number of aromatic nitrogens is 2. The molecule has 0 fully saturated rings. The molecule has 1 unspecified atom stereocenters. The summed E-state index contributed by atoms with van der Waals surface area (Å²) in [5, 5.41) is 8.26. The number of ether oxygens (including phenoxy) is 1. The highest BCUT2D eigenvalue weighted by atomic mass is 35.5. The lowest BCUT2D eigenvalue weighted by Crippen LogP contribution is -2.41. The smallest absolute Gasteiger partial charge is 0.251 e. The molecule has 0 aliphatic heterocycles. The number of rotatable bonds is 13. The molecular weight excluding hydrogens is 573 g/mol. The van der Waals surface area contributed by atoms with Crippen LogP contribution in [0.15, 0.2) is 71.3 Å². The van der Waals surface area contributed by atoms with Crippen molar-refractivity contribution >= 4 is 46.5 Å². The molecular formula is C30H28Cl3N3O4. The molecule has 1 aromatic heterocycles. The number of halogens is 3. The molecule has 0 saturated carbocycles. The summed E-state index contributed by atoms with van der Waals surface area (Å²) in [4.78, 5) is 30.2. The van der Waals surface area contributed by atoms with Gasteiger partial charge >= 0.3 is 0 Å². The molecule has 7 nitrogen and oxygen atoms in total. The molecule has 1 N–H and O–H groups in total. The van der Waals surface area contributed by atoms with Crippen LogP contribution in [0.4, 0.5) is 0 Å². The van der Waals surface area contributed by atoms with Gasteiger partial charge in [0, 0.05) is 17.0 Å². The van der Waals surface area contributed by atoms with Crippen LogP contribution in [0.2, 0.25) is 15.1 Å². The molecule has 4 rings (SSSR count). The van der Waals surface area contributed by atoms with Crippen LogP contribution in [-0.4, -0.2) is 34.5 Å². The molecule has 0 aliphatic carbocycles. The third-order valence-corrected chi connectivity index (χ3v) is 7.18. The Bertz CT molecular complexity index is 1440. The van der Waals surface area contributed by atoms with E-state index in [-0.39, 0.29) is 11.7 Å². The molecule has 0 saturated heterocycles. The zero-order valence-electron chi connectivity index (χ0n) is 21.8. The van der Waals surface area contributed by atoms with Crippen molar-refractivity contribution in [1.29, 1.82) is 0 Å². The Hall–Kier alpha value is -3.39. The third kappa shape index (κ3) is 8.31. The molecule has 0 aliphatic rings. The predicted octanol–water partition coefficient (Wildman–Crippen LogP) is 7.41. The average molecular weight is 601 g/mol. The highest BCUT2D eigenvalue weighted by Crippen LogP contribution is 2.23. The summed E-state index contributed by atoms with van der Waals surface area (Å²) in [6.45, 7) is 2.50. The number of unbranched alkanes of at least 4 members (excludes halogenated alkanes) is 1. The number of nitrogens with one attached hydrogen (secondary N) is 1. The van der Waals surface area contributed by atoms with E-state index in [0.29, 0.717) is 52.4 Å². The lowest BCUT2D eigenvalue weighted by atomic mass is 10.0. The summed E-state index contributed by atoms with van der Waals surface area (Å²) in [5.74, 6) is 0.204. The van der Waals surface area contributed by atoms with E-state index in [9.17, 15) is 9.59 Å². The van der Waals surface area contributed by atoms with Crippen molar-refractivity contribution in [3.05, 3.63) is 110 Å². The second kappa shape index (κ2) is 14.3. The second-order valence-corrected chi connectivity index (χ2v) is 10.5. The van der Waals surface area contributed by atoms with Crippen LogP contribution >= 0.6 is 34.8 Å². The number of carbonyl (C=O) groups is 2. The van der Waals surface area contributed by atoms with Gasteiger partial charge in [0.25, 0.3) is 5.91 Å². The van der Waals surface area contributed by atoms with Crippen molar-refractivity contribution in [3.63, 3.8) is 0 Å². The van der Waals surface area contributed by atoms with Crippen LogP contribution in [0, 0.1) is 0 Å². The van der Waals surface area contributed by atoms with Gasteiger partial charge in [-0.15, -0.1) is 0 Å². The van der Waals surface area contributed by atoms with Crippen molar-refractivity contribution in [1.82, 2.24) is 15.5 Å². The number of carbonyl (C=O) groups excluding carboxylic acids is 2. The fourth-order valence-corrected chi connectivity index (χ4v) is 4.41. The van der Waals surface area contributed by atoms with Crippen LogP contribution in [0.3, 0.4) is 0 Å². The van der Waals surface area contributed by atoms with Crippen molar-refractivity contribution in [3.8, 4) is 5.75 Å². The molecule has 208 valence electrons. The molecule has 0 bridgehead atoms. The molecule has 40 heavy (non-hydrogen) atoms. The molecule has 3 aromatic carbocycles. The van der Waals surface area contributed by atoms with Crippen molar-refractivity contribution in [2.75, 3.05) is 6.61 Å². The maximum absolute atomic E-state index is 13.2. The van der Waals surface area contributed by atoms with Crippen molar-refractivity contribution < 1.29 is 18.8 Å². The largest absolute Gasteiger partial charge is 0.493 e. The van der Waals surface area contributed by atoms with Gasteiger partial charge in [0.1, 0.15) is 5.75 Å². The first-order valence-corrected chi connectivity index (χ1v) is 14.0. The van der Waals surface area contributed by atoms with Crippen LogP contribution in [0.1, 0.15) is 64.2 Å². The van der Waals surface area contributed by atoms with E-state index in [1.54, 1.807) is 30.3 Å². The zero-order valence-corrected chi connectivity index (χ0v) is 24.1. The lowest BCUT2D eigenvalue weighted by Gasteiger charge is -2.16. The summed E-state index contributed by atoms with van der Waals surface area (Å²) >= 11 is 17.9. The summed E-state index contributed by atoms with van der Waals surface area (Å²) in [5.41, 5.74) is 2.36. The number of ketones is 1. The van der Waals surface area contributed by atoms with Crippen LogP contribution in [0.5, 0.6) is 5.75 Å². The van der Waals surface area contributed by atoms with Crippen LogP contribution < -0.4 is 10.1 Å². The molecule has 1 heterocycles. The number of nitrogens with zero attached hydrogens (tertiary/aromatic N) is 2. The molecule has 4 aromatic rings. The van der Waals surface area contributed by atoms with Gasteiger partial charge in [0.15, 0.2) is 0 Å². The molecule has 0 radical (unpaired) electrons. The van der Waals surface area contributed by atoms with Gasteiger partial charge in [-0.3, -0.25) is 9.59 Å². The number of benzene rings is 3. The Morgan fingerprint density at radius 2 is 1.68 bits per heavy atom. The first-order chi connectivity index (χ1) is 19.3. The van der Waals surface area contributed by atoms with Gasteiger partial charge in [0.2, 0.25) is 17.5 Å². The molecule has 1 atom stereocenters. The van der Waals surface area contributed by atoms with Gasteiger partial charge in [-0.05, 0) is 66.1 Å². The zero-order chi connectivity index (χ0) is 28.5. The average Bonchev–Trinajstić information content (AvgIpc) is 3.42. The standard InChI is InChI=1S/C30H28Cl3N3O4/c1-2-3-4-26(34-30(38)21-8-10-22(31)11-9-21)28(37)29-35-27(40-36-29)18-19-5-12-23(13-6-19)39-16-15-20-7-14-24(32)25(33)17-20/h5-14,17,26H,2-4,15-16,18H2,1H3,(H,34,38). The minimum atomic E-state index is -0.770. The highest BCUT2D eigenvalue weighted by Gasteiger charge is 2.26. The highest BCUT2D eigenvalue weighted by molar-refractivity contribution is 6.42. The maximum Gasteiger partial charge on any atom is 0.251 e. The fourth-order valence-electron chi connectivity index (χ4n) is 3.96. The number of hydrogen-bond acceptors (Lipinski definition) is 6. The summed E-state index contributed by atoms with van der Waals surface area (Å²) < 4.78 is 11.2. The predicted molar refractivity (Wildman–Crippen MR) is 156 cm³/mol. The minimum Gasteiger partial charge on any atom is -0.493 e. The monoisotopic (exact) mass is 599 g/mol. The Morgan fingerprint density at radius 3 is 2.38 bits per heavy atom. The van der Waals surface area contributed by atoms with Gasteiger partial charge in [-0.1, -0.05) is 77.9 Å². The molecule has 10 heteroatoms. The Morgan fingerprint density at radius 1 is 0.950 bits per heavy atom. The summed E-state index contributed by atoms with van der Waals surface area (Å²) in [6.07, 6.45) is 3.12. The van der Waals surface area contributed by atoms with Crippen LogP contribution in [-0.2, 0) is 12.8 Å². The Labute approximate surface area is 247 Å².